The van der Waals surface area contributed by atoms with Gasteiger partial charge in [-0.1, -0.05) is 12.1 Å². The van der Waals surface area contributed by atoms with Gasteiger partial charge in [0.15, 0.2) is 11.6 Å². The summed E-state index contributed by atoms with van der Waals surface area (Å²) in [4.78, 5) is 1.96. The fourth-order valence-corrected chi connectivity index (χ4v) is 2.83. The molecular formula is C15H20F4N2O. The van der Waals surface area contributed by atoms with Crippen molar-refractivity contribution in [3.8, 4) is 5.75 Å². The fraction of sp³-hybridized carbons (Fsp3) is 0.600. The van der Waals surface area contributed by atoms with Crippen molar-refractivity contribution < 1.29 is 22.3 Å². The molecule has 0 aliphatic carbocycles. The van der Waals surface area contributed by atoms with Crippen molar-refractivity contribution in [2.24, 2.45) is 0 Å². The van der Waals surface area contributed by atoms with Gasteiger partial charge in [-0.3, -0.25) is 4.90 Å². The molecule has 1 atom stereocenters. The molecule has 1 fully saturated rings. The number of halogens is 4. The zero-order chi connectivity index (χ0) is 16.2. The van der Waals surface area contributed by atoms with Crippen LogP contribution >= 0.6 is 0 Å². The van der Waals surface area contributed by atoms with Crippen LogP contribution in [0.1, 0.15) is 24.4 Å². The van der Waals surface area contributed by atoms with E-state index in [1.807, 2.05) is 4.90 Å². The van der Waals surface area contributed by atoms with Gasteiger partial charge < -0.3 is 10.1 Å². The molecule has 0 radical (unpaired) electrons. The van der Waals surface area contributed by atoms with Gasteiger partial charge in [-0.2, -0.15) is 13.2 Å². The topological polar surface area (TPSA) is 24.5 Å². The van der Waals surface area contributed by atoms with Crippen molar-refractivity contribution >= 4 is 0 Å². The maximum absolute atomic E-state index is 13.9. The molecule has 1 saturated heterocycles. The van der Waals surface area contributed by atoms with E-state index in [0.29, 0.717) is 31.7 Å². The summed E-state index contributed by atoms with van der Waals surface area (Å²) < 4.78 is 56.8. The van der Waals surface area contributed by atoms with Crippen molar-refractivity contribution in [1.29, 1.82) is 0 Å². The smallest absolute Gasteiger partial charge is 0.389 e. The van der Waals surface area contributed by atoms with Crippen molar-refractivity contribution in [2.45, 2.75) is 25.1 Å². The largest absolute Gasteiger partial charge is 0.493 e. The molecule has 0 saturated carbocycles. The average molecular weight is 320 g/mol. The number of methoxy groups -OCH3 is 1. The summed E-state index contributed by atoms with van der Waals surface area (Å²) in [5.41, 5.74) is 0.480. The van der Waals surface area contributed by atoms with Crippen LogP contribution in [0.25, 0.3) is 0 Å². The molecule has 0 spiro atoms. The van der Waals surface area contributed by atoms with Crippen LogP contribution in [-0.2, 0) is 0 Å². The van der Waals surface area contributed by atoms with E-state index >= 15 is 0 Å². The van der Waals surface area contributed by atoms with E-state index in [1.54, 1.807) is 6.07 Å². The predicted molar refractivity (Wildman–Crippen MR) is 75.4 cm³/mol. The molecule has 2 rings (SSSR count). The Bertz CT molecular complexity index is 487. The monoisotopic (exact) mass is 320 g/mol. The van der Waals surface area contributed by atoms with Crippen LogP contribution in [0.4, 0.5) is 17.6 Å². The number of nitrogens with zero attached hydrogens (tertiary/aromatic N) is 1. The molecular weight excluding hydrogens is 300 g/mol. The van der Waals surface area contributed by atoms with Gasteiger partial charge >= 0.3 is 6.18 Å². The van der Waals surface area contributed by atoms with Gasteiger partial charge in [0.25, 0.3) is 0 Å². The molecule has 1 heterocycles. The third-order valence-corrected chi connectivity index (χ3v) is 3.85. The van der Waals surface area contributed by atoms with Gasteiger partial charge in [0, 0.05) is 44.2 Å². The lowest BCUT2D eigenvalue weighted by Crippen LogP contribution is -2.45. The summed E-state index contributed by atoms with van der Waals surface area (Å²) in [5.74, 6) is -0.514. The van der Waals surface area contributed by atoms with Crippen LogP contribution in [0.3, 0.4) is 0 Å². The summed E-state index contributed by atoms with van der Waals surface area (Å²) in [6, 6.07) is 3.90. The third-order valence-electron chi connectivity index (χ3n) is 3.85. The van der Waals surface area contributed by atoms with Crippen LogP contribution in [-0.4, -0.2) is 44.4 Å². The van der Waals surface area contributed by atoms with Crippen LogP contribution in [0.5, 0.6) is 5.75 Å². The van der Waals surface area contributed by atoms with E-state index in [9.17, 15) is 17.6 Å². The van der Waals surface area contributed by atoms with Gasteiger partial charge in [-0.15, -0.1) is 0 Å². The summed E-state index contributed by atoms with van der Waals surface area (Å²) in [7, 11) is 1.33. The minimum absolute atomic E-state index is 0.0354. The first-order valence-corrected chi connectivity index (χ1v) is 7.26. The minimum Gasteiger partial charge on any atom is -0.493 e. The second-order valence-corrected chi connectivity index (χ2v) is 5.32. The number of para-hydroxylation sites is 1. The van der Waals surface area contributed by atoms with E-state index in [0.717, 1.165) is 0 Å². The highest BCUT2D eigenvalue weighted by Crippen LogP contribution is 2.37. The maximum Gasteiger partial charge on any atom is 0.389 e. The summed E-state index contributed by atoms with van der Waals surface area (Å²) in [5, 5.41) is 3.16. The molecule has 1 aromatic carbocycles. The normalized spacial score (nSPS) is 18.2. The van der Waals surface area contributed by atoms with Gasteiger partial charge in [0.05, 0.1) is 7.11 Å². The van der Waals surface area contributed by atoms with Crippen LogP contribution in [0, 0.1) is 5.82 Å². The second kappa shape index (κ2) is 7.28. The molecule has 3 nitrogen and oxygen atoms in total. The minimum atomic E-state index is -4.23. The Hall–Kier alpha value is -1.34. The molecule has 7 heteroatoms. The van der Waals surface area contributed by atoms with Crippen molar-refractivity contribution in [1.82, 2.24) is 10.2 Å². The number of rotatable bonds is 5. The number of hydrogen-bond donors (Lipinski definition) is 1. The highest BCUT2D eigenvalue weighted by Gasteiger charge is 2.32. The Morgan fingerprint density at radius 2 is 1.95 bits per heavy atom. The fourth-order valence-electron chi connectivity index (χ4n) is 2.83. The second-order valence-electron chi connectivity index (χ2n) is 5.32. The Morgan fingerprint density at radius 1 is 1.27 bits per heavy atom. The highest BCUT2D eigenvalue weighted by molar-refractivity contribution is 5.37. The van der Waals surface area contributed by atoms with E-state index in [-0.39, 0.29) is 12.2 Å². The van der Waals surface area contributed by atoms with Crippen molar-refractivity contribution in [3.05, 3.63) is 29.6 Å². The summed E-state index contributed by atoms with van der Waals surface area (Å²) >= 11 is 0. The van der Waals surface area contributed by atoms with Crippen LogP contribution in [0.15, 0.2) is 18.2 Å². The molecule has 1 aliphatic rings. The van der Waals surface area contributed by atoms with Gasteiger partial charge in [0.1, 0.15) is 0 Å². The lowest BCUT2D eigenvalue weighted by molar-refractivity contribution is -0.138. The molecule has 0 aromatic heterocycles. The first-order valence-electron chi connectivity index (χ1n) is 7.26. The number of benzene rings is 1. The number of ether oxygens (including phenoxy) is 1. The first-order chi connectivity index (χ1) is 10.4. The Balaban J connectivity index is 2.28. The Labute approximate surface area is 127 Å². The van der Waals surface area contributed by atoms with E-state index in [1.165, 1.54) is 19.2 Å². The number of alkyl halides is 3. The number of nitrogens with one attached hydrogen (secondary N) is 1. The van der Waals surface area contributed by atoms with E-state index in [4.69, 9.17) is 4.74 Å². The van der Waals surface area contributed by atoms with Crippen molar-refractivity contribution in [2.75, 3.05) is 33.3 Å². The molecule has 1 aliphatic heterocycles. The van der Waals surface area contributed by atoms with E-state index < -0.39 is 24.5 Å². The SMILES string of the molecule is COc1c(F)cccc1[C@@H](CCC(F)(F)F)N1CCNCC1. The molecule has 1 N–H and O–H groups in total. The molecule has 22 heavy (non-hydrogen) atoms. The standard InChI is InChI=1S/C15H20F4N2O/c1-22-14-11(3-2-4-12(14)16)13(5-6-15(17,18)19)21-9-7-20-8-10-21/h2-4,13,20H,5-10H2,1H3/t13-/m1/s1. The zero-order valence-electron chi connectivity index (χ0n) is 12.4. The summed E-state index contributed by atoms with van der Waals surface area (Å²) in [6.45, 7) is 2.67. The Kier molecular flexibility index (Phi) is 5.63. The van der Waals surface area contributed by atoms with Crippen LogP contribution in [0.2, 0.25) is 0 Å². The average Bonchev–Trinajstić information content (AvgIpc) is 2.47. The quantitative estimate of drug-likeness (QED) is 0.844. The van der Waals surface area contributed by atoms with Gasteiger partial charge in [-0.25, -0.2) is 4.39 Å². The predicted octanol–water partition coefficient (Wildman–Crippen LogP) is 3.12. The van der Waals surface area contributed by atoms with Crippen molar-refractivity contribution in [3.63, 3.8) is 0 Å². The lowest BCUT2D eigenvalue weighted by atomic mass is 9.98. The van der Waals surface area contributed by atoms with Gasteiger partial charge in [0.2, 0.25) is 0 Å². The zero-order valence-corrected chi connectivity index (χ0v) is 12.4. The third kappa shape index (κ3) is 4.33. The maximum atomic E-state index is 13.9. The molecule has 124 valence electrons. The number of piperazine rings is 1. The van der Waals surface area contributed by atoms with Crippen LogP contribution < -0.4 is 10.1 Å². The molecule has 0 bridgehead atoms. The van der Waals surface area contributed by atoms with E-state index in [2.05, 4.69) is 5.32 Å². The first kappa shape index (κ1) is 17.0. The molecule has 0 unspecified atom stereocenters. The highest BCUT2D eigenvalue weighted by atomic mass is 19.4. The molecule has 0 amide bonds. The number of hydrogen-bond acceptors (Lipinski definition) is 3. The van der Waals surface area contributed by atoms with Gasteiger partial charge in [-0.05, 0) is 12.5 Å². The summed E-state index contributed by atoms with van der Waals surface area (Å²) in [6.07, 6.45) is -5.24. The molecule has 1 aromatic rings. The lowest BCUT2D eigenvalue weighted by Gasteiger charge is -2.36. The Morgan fingerprint density at radius 3 is 2.55 bits per heavy atom.